The number of terminal acetylenes is 1. The third kappa shape index (κ3) is 5.58. The molecule has 0 saturated carbocycles. The molecule has 1 aromatic rings. The Bertz CT molecular complexity index is 791. The van der Waals surface area contributed by atoms with E-state index in [0.29, 0.717) is 18.5 Å². The van der Waals surface area contributed by atoms with Gasteiger partial charge in [-0.05, 0) is 44.0 Å². The van der Waals surface area contributed by atoms with Gasteiger partial charge < -0.3 is 10.6 Å². The number of amides is 2. The predicted molar refractivity (Wildman–Crippen MR) is 101 cm³/mol. The number of sulfonamides is 1. The van der Waals surface area contributed by atoms with Crippen LogP contribution in [0.25, 0.3) is 0 Å². The summed E-state index contributed by atoms with van der Waals surface area (Å²) in [5.41, 5.74) is -0.316. The SMILES string of the molecule is C#CC(CC)(CC)NC(=O)C(C)NS(=O)(=O)c1ccc(NC(C)=O)cc1. The summed E-state index contributed by atoms with van der Waals surface area (Å²) in [6, 6.07) is 4.64. The number of benzene rings is 1. The van der Waals surface area contributed by atoms with Crippen molar-refractivity contribution in [1.29, 1.82) is 0 Å². The van der Waals surface area contributed by atoms with Crippen molar-refractivity contribution < 1.29 is 18.0 Å². The zero-order valence-corrected chi connectivity index (χ0v) is 16.2. The molecule has 0 aromatic heterocycles. The van der Waals surface area contributed by atoms with Crippen molar-refractivity contribution in [1.82, 2.24) is 10.0 Å². The fourth-order valence-corrected chi connectivity index (χ4v) is 3.49. The minimum atomic E-state index is -3.90. The Morgan fingerprint density at radius 1 is 1.19 bits per heavy atom. The van der Waals surface area contributed by atoms with Crippen molar-refractivity contribution >= 4 is 27.5 Å². The summed E-state index contributed by atoms with van der Waals surface area (Å²) in [7, 11) is -3.90. The topological polar surface area (TPSA) is 104 Å². The molecule has 0 spiro atoms. The minimum Gasteiger partial charge on any atom is -0.338 e. The van der Waals surface area contributed by atoms with Gasteiger partial charge in [0.2, 0.25) is 21.8 Å². The molecule has 0 aliphatic heterocycles. The maximum absolute atomic E-state index is 12.4. The first kappa shape index (κ1) is 21.7. The van der Waals surface area contributed by atoms with E-state index in [9.17, 15) is 18.0 Å². The molecule has 0 aliphatic carbocycles. The van der Waals surface area contributed by atoms with E-state index in [1.807, 2.05) is 13.8 Å². The van der Waals surface area contributed by atoms with Crippen LogP contribution in [0.2, 0.25) is 0 Å². The highest BCUT2D eigenvalue weighted by molar-refractivity contribution is 7.89. The van der Waals surface area contributed by atoms with Crippen LogP contribution in [-0.2, 0) is 19.6 Å². The molecule has 1 aromatic carbocycles. The van der Waals surface area contributed by atoms with Crippen molar-refractivity contribution in [2.24, 2.45) is 0 Å². The molecule has 8 heteroatoms. The number of hydrogen-bond acceptors (Lipinski definition) is 4. The number of anilines is 1. The molecule has 2 amide bonds. The lowest BCUT2D eigenvalue weighted by atomic mass is 9.93. The molecule has 26 heavy (non-hydrogen) atoms. The van der Waals surface area contributed by atoms with Gasteiger partial charge in [0.05, 0.1) is 10.9 Å². The molecule has 3 N–H and O–H groups in total. The van der Waals surface area contributed by atoms with Crippen molar-refractivity contribution in [3.63, 3.8) is 0 Å². The van der Waals surface area contributed by atoms with E-state index >= 15 is 0 Å². The summed E-state index contributed by atoms with van der Waals surface area (Å²) in [4.78, 5) is 23.3. The van der Waals surface area contributed by atoms with Gasteiger partial charge in [-0.2, -0.15) is 4.72 Å². The fraction of sp³-hybridized carbons (Fsp3) is 0.444. The number of carbonyl (C=O) groups is 2. The molecule has 1 unspecified atom stereocenters. The van der Waals surface area contributed by atoms with Gasteiger partial charge in [0.1, 0.15) is 5.54 Å². The van der Waals surface area contributed by atoms with Crippen molar-refractivity contribution in [2.75, 3.05) is 5.32 Å². The van der Waals surface area contributed by atoms with E-state index in [1.165, 1.54) is 38.1 Å². The zero-order valence-electron chi connectivity index (χ0n) is 15.4. The first-order chi connectivity index (χ1) is 12.1. The Kier molecular flexibility index (Phi) is 7.36. The van der Waals surface area contributed by atoms with Gasteiger partial charge in [0.25, 0.3) is 0 Å². The highest BCUT2D eigenvalue weighted by atomic mass is 32.2. The number of nitrogens with one attached hydrogen (secondary N) is 3. The lowest BCUT2D eigenvalue weighted by Crippen LogP contribution is -2.53. The molecule has 0 bridgehead atoms. The Labute approximate surface area is 155 Å². The quantitative estimate of drug-likeness (QED) is 0.597. The average molecular weight is 379 g/mol. The van der Waals surface area contributed by atoms with E-state index in [4.69, 9.17) is 6.42 Å². The maximum Gasteiger partial charge on any atom is 0.241 e. The second-order valence-corrected chi connectivity index (χ2v) is 7.69. The van der Waals surface area contributed by atoms with Crippen LogP contribution in [0.15, 0.2) is 29.2 Å². The van der Waals surface area contributed by atoms with E-state index < -0.39 is 27.5 Å². The lowest BCUT2D eigenvalue weighted by Gasteiger charge is -2.28. The van der Waals surface area contributed by atoms with Gasteiger partial charge >= 0.3 is 0 Å². The van der Waals surface area contributed by atoms with Crippen molar-refractivity contribution in [3.8, 4) is 12.3 Å². The van der Waals surface area contributed by atoms with E-state index in [0.717, 1.165) is 0 Å². The Morgan fingerprint density at radius 3 is 2.15 bits per heavy atom. The van der Waals surface area contributed by atoms with Crippen LogP contribution in [0.3, 0.4) is 0 Å². The summed E-state index contributed by atoms with van der Waals surface area (Å²) in [6.45, 7) is 6.52. The summed E-state index contributed by atoms with van der Waals surface area (Å²) < 4.78 is 27.2. The lowest BCUT2D eigenvalue weighted by molar-refractivity contribution is -0.123. The molecule has 1 rings (SSSR count). The fourth-order valence-electron chi connectivity index (χ4n) is 2.29. The third-order valence-electron chi connectivity index (χ3n) is 4.06. The van der Waals surface area contributed by atoms with E-state index in [2.05, 4.69) is 21.3 Å². The molecule has 0 heterocycles. The van der Waals surface area contributed by atoms with Crippen LogP contribution >= 0.6 is 0 Å². The van der Waals surface area contributed by atoms with Crippen LogP contribution in [0.5, 0.6) is 0 Å². The average Bonchev–Trinajstić information content (AvgIpc) is 2.59. The second-order valence-electron chi connectivity index (χ2n) is 5.97. The van der Waals surface area contributed by atoms with Crippen LogP contribution in [-0.4, -0.2) is 31.8 Å². The van der Waals surface area contributed by atoms with Gasteiger partial charge in [-0.3, -0.25) is 9.59 Å². The van der Waals surface area contributed by atoms with Crippen LogP contribution < -0.4 is 15.4 Å². The molecule has 1 atom stereocenters. The first-order valence-corrected chi connectivity index (χ1v) is 9.77. The monoisotopic (exact) mass is 379 g/mol. The zero-order chi connectivity index (χ0) is 20.0. The number of rotatable bonds is 8. The Hall–Kier alpha value is -2.37. The van der Waals surface area contributed by atoms with Gasteiger partial charge in [-0.1, -0.05) is 19.8 Å². The molecule has 0 aliphatic rings. The first-order valence-electron chi connectivity index (χ1n) is 8.29. The smallest absolute Gasteiger partial charge is 0.241 e. The van der Waals surface area contributed by atoms with Gasteiger partial charge in [0, 0.05) is 12.6 Å². The largest absolute Gasteiger partial charge is 0.338 e. The van der Waals surface area contributed by atoms with Gasteiger partial charge in [0.15, 0.2) is 0 Å². The van der Waals surface area contributed by atoms with Gasteiger partial charge in [-0.15, -0.1) is 6.42 Å². The second kappa shape index (κ2) is 8.83. The normalized spacial score (nSPS) is 12.7. The molecular formula is C18H25N3O4S. The molecule has 142 valence electrons. The third-order valence-corrected chi connectivity index (χ3v) is 5.61. The Morgan fingerprint density at radius 2 is 1.73 bits per heavy atom. The molecule has 0 saturated heterocycles. The van der Waals surface area contributed by atoms with Crippen LogP contribution in [0.4, 0.5) is 5.69 Å². The molecule has 0 radical (unpaired) electrons. The summed E-state index contributed by atoms with van der Waals surface area (Å²) in [6.07, 6.45) is 6.59. The maximum atomic E-state index is 12.4. The number of hydrogen-bond donors (Lipinski definition) is 3. The predicted octanol–water partition coefficient (Wildman–Crippen LogP) is 1.62. The van der Waals surface area contributed by atoms with E-state index in [1.54, 1.807) is 0 Å². The highest BCUT2D eigenvalue weighted by Crippen LogP contribution is 2.16. The van der Waals surface area contributed by atoms with Crippen LogP contribution in [0, 0.1) is 12.3 Å². The van der Waals surface area contributed by atoms with Crippen molar-refractivity contribution in [2.45, 2.75) is 57.0 Å². The van der Waals surface area contributed by atoms with Gasteiger partial charge in [-0.25, -0.2) is 8.42 Å². The molecular weight excluding hydrogens is 354 g/mol. The summed E-state index contributed by atoms with van der Waals surface area (Å²) in [5, 5.41) is 5.29. The minimum absolute atomic E-state index is 0.0135. The summed E-state index contributed by atoms with van der Waals surface area (Å²) in [5.74, 6) is 1.82. The molecule has 0 fully saturated rings. The van der Waals surface area contributed by atoms with E-state index in [-0.39, 0.29) is 10.8 Å². The summed E-state index contributed by atoms with van der Waals surface area (Å²) >= 11 is 0. The van der Waals surface area contributed by atoms with Crippen molar-refractivity contribution in [3.05, 3.63) is 24.3 Å². The number of carbonyl (C=O) groups excluding carboxylic acids is 2. The highest BCUT2D eigenvalue weighted by Gasteiger charge is 2.29. The molecule has 7 nitrogen and oxygen atoms in total. The Balaban J connectivity index is 2.87. The standard InChI is InChI=1S/C18H25N3O4S/c1-6-18(7-2,8-3)20-17(23)13(4)21-26(24,25)16-11-9-15(10-12-16)19-14(5)22/h1,9-13,21H,7-8H2,2-5H3,(H,19,22)(H,20,23). The van der Waals surface area contributed by atoms with Crippen LogP contribution in [0.1, 0.15) is 40.5 Å².